The van der Waals surface area contributed by atoms with Crippen molar-refractivity contribution in [3.63, 3.8) is 0 Å². The van der Waals surface area contributed by atoms with Crippen LogP contribution in [0.3, 0.4) is 0 Å². The molecule has 0 saturated carbocycles. The van der Waals surface area contributed by atoms with Gasteiger partial charge in [-0.25, -0.2) is 0 Å². The van der Waals surface area contributed by atoms with Crippen molar-refractivity contribution in [2.75, 3.05) is 13.1 Å². The van der Waals surface area contributed by atoms with Gasteiger partial charge in [0.25, 0.3) is 0 Å². The third-order valence-corrected chi connectivity index (χ3v) is 4.50. The molecule has 1 N–H and O–H groups in total. The summed E-state index contributed by atoms with van der Waals surface area (Å²) in [6, 6.07) is -0.329. The number of hydrogen-bond donors (Lipinski definition) is 1. The Bertz CT molecular complexity index is 331. The summed E-state index contributed by atoms with van der Waals surface area (Å²) in [6.07, 6.45) is 8.68. The first-order chi connectivity index (χ1) is 10.1. The summed E-state index contributed by atoms with van der Waals surface area (Å²) in [4.78, 5) is 26.2. The Morgan fingerprint density at radius 1 is 1.14 bits per heavy atom. The summed E-state index contributed by atoms with van der Waals surface area (Å²) >= 11 is 0. The number of amides is 2. The van der Waals surface area contributed by atoms with Gasteiger partial charge in [-0.3, -0.25) is 9.59 Å². The van der Waals surface area contributed by atoms with Gasteiger partial charge in [-0.1, -0.05) is 59.3 Å². The average molecular weight is 296 g/mol. The lowest BCUT2D eigenvalue weighted by Gasteiger charge is -2.27. The van der Waals surface area contributed by atoms with Crippen LogP contribution in [0.5, 0.6) is 0 Å². The van der Waals surface area contributed by atoms with Gasteiger partial charge in [0.05, 0.1) is 0 Å². The van der Waals surface area contributed by atoms with E-state index in [4.69, 9.17) is 0 Å². The van der Waals surface area contributed by atoms with E-state index in [1.807, 2.05) is 11.8 Å². The van der Waals surface area contributed by atoms with Gasteiger partial charge in [0, 0.05) is 19.5 Å². The van der Waals surface area contributed by atoms with Crippen molar-refractivity contribution in [2.24, 2.45) is 5.92 Å². The molecule has 1 heterocycles. The van der Waals surface area contributed by atoms with Gasteiger partial charge < -0.3 is 10.2 Å². The number of carbonyl (C=O) groups excluding carboxylic acids is 2. The largest absolute Gasteiger partial charge is 0.344 e. The minimum absolute atomic E-state index is 0.0131. The second-order valence-electron chi connectivity index (χ2n) is 6.27. The van der Waals surface area contributed by atoms with Crippen molar-refractivity contribution >= 4 is 11.8 Å². The first kappa shape index (κ1) is 18.0. The van der Waals surface area contributed by atoms with E-state index in [1.165, 1.54) is 32.1 Å². The average Bonchev–Trinajstić information content (AvgIpc) is 2.62. The Hall–Kier alpha value is -1.06. The fourth-order valence-electron chi connectivity index (χ4n) is 2.78. The van der Waals surface area contributed by atoms with E-state index in [9.17, 15) is 9.59 Å². The molecule has 0 aromatic carbocycles. The van der Waals surface area contributed by atoms with Crippen molar-refractivity contribution in [3.05, 3.63) is 0 Å². The number of nitrogens with one attached hydrogen (secondary N) is 1. The number of nitrogens with zero attached hydrogens (tertiary/aromatic N) is 1. The molecule has 1 rings (SSSR count). The maximum atomic E-state index is 12.6. The van der Waals surface area contributed by atoms with Crippen LogP contribution in [-0.2, 0) is 9.59 Å². The molecule has 0 aromatic heterocycles. The van der Waals surface area contributed by atoms with E-state index in [0.29, 0.717) is 13.0 Å². The molecule has 2 atom stereocenters. The third kappa shape index (κ3) is 6.06. The standard InChI is InChI=1S/C17H32N2O2/c1-4-6-7-8-9-10-12-19-13-11-15(20)18-16(17(19)21)14(3)5-2/h14,16H,4-13H2,1-3H3,(H,18,20). The molecule has 21 heavy (non-hydrogen) atoms. The summed E-state index contributed by atoms with van der Waals surface area (Å²) in [6.45, 7) is 7.69. The summed E-state index contributed by atoms with van der Waals surface area (Å²) in [5.74, 6) is 0.328. The van der Waals surface area contributed by atoms with Crippen molar-refractivity contribution < 1.29 is 9.59 Å². The molecule has 1 aliphatic rings. The summed E-state index contributed by atoms with van der Waals surface area (Å²) in [7, 11) is 0. The van der Waals surface area contributed by atoms with E-state index < -0.39 is 0 Å². The number of carbonyl (C=O) groups is 2. The molecule has 1 aliphatic heterocycles. The minimum Gasteiger partial charge on any atom is -0.344 e. The van der Waals surface area contributed by atoms with E-state index in [-0.39, 0.29) is 23.8 Å². The molecule has 2 amide bonds. The fourth-order valence-corrected chi connectivity index (χ4v) is 2.78. The molecule has 4 heteroatoms. The molecule has 0 bridgehead atoms. The zero-order valence-corrected chi connectivity index (χ0v) is 14.0. The van der Waals surface area contributed by atoms with Gasteiger partial charge >= 0.3 is 0 Å². The highest BCUT2D eigenvalue weighted by Gasteiger charge is 2.32. The highest BCUT2D eigenvalue weighted by atomic mass is 16.2. The third-order valence-electron chi connectivity index (χ3n) is 4.50. The lowest BCUT2D eigenvalue weighted by atomic mass is 9.98. The van der Waals surface area contributed by atoms with E-state index in [2.05, 4.69) is 19.2 Å². The predicted octanol–water partition coefficient (Wildman–Crippen LogP) is 3.11. The Kier molecular flexibility index (Phi) is 8.40. The Labute approximate surface area is 129 Å². The molecule has 122 valence electrons. The SMILES string of the molecule is CCCCCCCCN1CCC(=O)NC(C(C)CC)C1=O. The fraction of sp³-hybridized carbons (Fsp3) is 0.882. The van der Waals surface area contributed by atoms with Crippen LogP contribution < -0.4 is 5.32 Å². The van der Waals surface area contributed by atoms with Crippen LogP contribution in [0.15, 0.2) is 0 Å². The molecule has 0 aliphatic carbocycles. The highest BCUT2D eigenvalue weighted by Crippen LogP contribution is 2.15. The van der Waals surface area contributed by atoms with Crippen molar-refractivity contribution in [3.8, 4) is 0 Å². The normalized spacial score (nSPS) is 21.1. The quantitative estimate of drug-likeness (QED) is 0.665. The maximum Gasteiger partial charge on any atom is 0.245 e. The number of hydrogen-bond acceptors (Lipinski definition) is 2. The maximum absolute atomic E-state index is 12.6. The Morgan fingerprint density at radius 2 is 1.81 bits per heavy atom. The van der Waals surface area contributed by atoms with Gasteiger partial charge in [-0.05, 0) is 12.3 Å². The zero-order valence-electron chi connectivity index (χ0n) is 14.0. The summed E-state index contributed by atoms with van der Waals surface area (Å²) in [5, 5.41) is 2.90. The van der Waals surface area contributed by atoms with Crippen LogP contribution in [0.4, 0.5) is 0 Å². The molecule has 2 unspecified atom stereocenters. The van der Waals surface area contributed by atoms with Gasteiger partial charge in [-0.15, -0.1) is 0 Å². The molecule has 1 fully saturated rings. The zero-order chi connectivity index (χ0) is 15.7. The lowest BCUT2D eigenvalue weighted by Crippen LogP contribution is -2.48. The van der Waals surface area contributed by atoms with Gasteiger partial charge in [0.2, 0.25) is 11.8 Å². The van der Waals surface area contributed by atoms with Crippen LogP contribution in [0, 0.1) is 5.92 Å². The van der Waals surface area contributed by atoms with Crippen LogP contribution in [0.1, 0.15) is 72.1 Å². The summed E-state index contributed by atoms with van der Waals surface area (Å²) < 4.78 is 0. The summed E-state index contributed by atoms with van der Waals surface area (Å²) in [5.41, 5.74) is 0. The van der Waals surface area contributed by atoms with Gasteiger partial charge in [0.15, 0.2) is 0 Å². The highest BCUT2D eigenvalue weighted by molar-refractivity contribution is 5.90. The van der Waals surface area contributed by atoms with Crippen molar-refractivity contribution in [2.45, 2.75) is 78.2 Å². The second-order valence-corrected chi connectivity index (χ2v) is 6.27. The van der Waals surface area contributed by atoms with E-state index in [0.717, 1.165) is 19.4 Å². The monoisotopic (exact) mass is 296 g/mol. The number of unbranched alkanes of at least 4 members (excludes halogenated alkanes) is 5. The molecular formula is C17H32N2O2. The first-order valence-electron chi connectivity index (χ1n) is 8.68. The topological polar surface area (TPSA) is 49.4 Å². The van der Waals surface area contributed by atoms with Crippen molar-refractivity contribution in [1.29, 1.82) is 0 Å². The van der Waals surface area contributed by atoms with Crippen LogP contribution in [0.25, 0.3) is 0 Å². The Morgan fingerprint density at radius 3 is 2.48 bits per heavy atom. The minimum atomic E-state index is -0.329. The van der Waals surface area contributed by atoms with Crippen LogP contribution in [-0.4, -0.2) is 35.8 Å². The smallest absolute Gasteiger partial charge is 0.245 e. The van der Waals surface area contributed by atoms with E-state index in [1.54, 1.807) is 0 Å². The molecule has 0 radical (unpaired) electrons. The molecule has 4 nitrogen and oxygen atoms in total. The lowest BCUT2D eigenvalue weighted by molar-refractivity contribution is -0.135. The predicted molar refractivity (Wildman–Crippen MR) is 86.0 cm³/mol. The number of rotatable bonds is 9. The van der Waals surface area contributed by atoms with Crippen LogP contribution >= 0.6 is 0 Å². The molecule has 0 spiro atoms. The molecule has 1 saturated heterocycles. The first-order valence-corrected chi connectivity index (χ1v) is 8.68. The van der Waals surface area contributed by atoms with Crippen LogP contribution in [0.2, 0.25) is 0 Å². The van der Waals surface area contributed by atoms with Gasteiger partial charge in [-0.2, -0.15) is 0 Å². The Balaban J connectivity index is 2.44. The van der Waals surface area contributed by atoms with E-state index >= 15 is 0 Å². The second kappa shape index (κ2) is 9.80. The van der Waals surface area contributed by atoms with Gasteiger partial charge in [0.1, 0.15) is 6.04 Å². The van der Waals surface area contributed by atoms with Crippen molar-refractivity contribution in [1.82, 2.24) is 10.2 Å². The molecule has 0 aromatic rings. The molecular weight excluding hydrogens is 264 g/mol.